The molecule has 2 aromatic heterocycles. The number of aryl methyl sites for hydroxylation is 1. The van der Waals surface area contributed by atoms with Gasteiger partial charge in [-0.3, -0.25) is 9.59 Å². The van der Waals surface area contributed by atoms with Gasteiger partial charge in [0.1, 0.15) is 5.69 Å². The molecule has 4 aromatic rings. The van der Waals surface area contributed by atoms with Crippen LogP contribution >= 0.6 is 11.6 Å². The summed E-state index contributed by atoms with van der Waals surface area (Å²) in [5, 5.41) is 10.2. The van der Waals surface area contributed by atoms with Crippen LogP contribution in [0.4, 0.5) is 18.9 Å². The van der Waals surface area contributed by atoms with Gasteiger partial charge < -0.3 is 10.6 Å². The molecule has 0 saturated heterocycles. The molecule has 2 aromatic carbocycles. The van der Waals surface area contributed by atoms with E-state index in [0.29, 0.717) is 11.6 Å². The summed E-state index contributed by atoms with van der Waals surface area (Å²) < 4.78 is 41.0. The van der Waals surface area contributed by atoms with Crippen LogP contribution in [0.25, 0.3) is 16.6 Å². The number of alkyl halides is 3. The summed E-state index contributed by atoms with van der Waals surface area (Å²) in [6, 6.07) is 12.4. The van der Waals surface area contributed by atoms with Gasteiger partial charge in [0.15, 0.2) is 11.5 Å². The number of benzene rings is 2. The number of hydrogen-bond acceptors (Lipinski definition) is 4. The van der Waals surface area contributed by atoms with Gasteiger partial charge in [0, 0.05) is 19.3 Å². The molecule has 34 heavy (non-hydrogen) atoms. The molecule has 7 nitrogen and oxygen atoms in total. The number of amides is 2. The molecule has 0 bridgehead atoms. The lowest BCUT2D eigenvalue weighted by Crippen LogP contribution is -2.23. The molecule has 2 N–H and O–H groups in total. The van der Waals surface area contributed by atoms with Crippen LogP contribution in [0.2, 0.25) is 5.02 Å². The van der Waals surface area contributed by atoms with Gasteiger partial charge in [-0.1, -0.05) is 35.9 Å². The predicted octanol–water partition coefficient (Wildman–Crippen LogP) is 5.01. The number of fused-ring (bicyclic) bond motifs is 1. The van der Waals surface area contributed by atoms with Gasteiger partial charge in [0.2, 0.25) is 0 Å². The van der Waals surface area contributed by atoms with Crippen LogP contribution in [0.15, 0.2) is 54.7 Å². The average Bonchev–Trinajstić information content (AvgIpc) is 3.26. The maximum Gasteiger partial charge on any atom is 0.435 e. The molecule has 2 amide bonds. The quantitative estimate of drug-likeness (QED) is 0.423. The summed E-state index contributed by atoms with van der Waals surface area (Å²) in [7, 11) is 1.44. The van der Waals surface area contributed by atoms with E-state index in [2.05, 4.69) is 20.7 Å². The van der Waals surface area contributed by atoms with Crippen molar-refractivity contribution in [3.05, 3.63) is 82.3 Å². The van der Waals surface area contributed by atoms with Crippen molar-refractivity contribution in [3.8, 4) is 5.82 Å². The van der Waals surface area contributed by atoms with Gasteiger partial charge in [-0.25, -0.2) is 9.67 Å². The highest BCUT2D eigenvalue weighted by molar-refractivity contribution is 6.32. The normalized spacial score (nSPS) is 11.5. The van der Waals surface area contributed by atoms with Crippen LogP contribution in [0, 0.1) is 6.92 Å². The molecular formula is C23H17ClF3N5O2. The molecule has 0 unspecified atom stereocenters. The van der Waals surface area contributed by atoms with Gasteiger partial charge in [-0.2, -0.15) is 18.3 Å². The molecule has 4 rings (SSSR count). The molecule has 0 fully saturated rings. The fourth-order valence-electron chi connectivity index (χ4n) is 3.56. The van der Waals surface area contributed by atoms with E-state index in [9.17, 15) is 22.8 Å². The summed E-state index contributed by atoms with van der Waals surface area (Å²) in [6.07, 6.45) is -3.50. The van der Waals surface area contributed by atoms with Gasteiger partial charge in [-0.15, -0.1) is 0 Å². The topological polar surface area (TPSA) is 88.9 Å². The van der Waals surface area contributed by atoms with Crippen molar-refractivity contribution in [1.82, 2.24) is 20.1 Å². The van der Waals surface area contributed by atoms with Crippen molar-refractivity contribution < 1.29 is 22.8 Å². The molecule has 174 valence electrons. The SMILES string of the molecule is CNC(=O)c1cc2ccccc2c(C)c1NC(=O)c1cc(C(F)(F)F)nn1-c1ncccc1Cl. The summed E-state index contributed by atoms with van der Waals surface area (Å²) in [4.78, 5) is 29.8. The van der Waals surface area contributed by atoms with Crippen LogP contribution in [0.3, 0.4) is 0 Å². The number of hydrogen-bond donors (Lipinski definition) is 2. The first-order valence-corrected chi connectivity index (χ1v) is 10.3. The first kappa shape index (κ1) is 23.2. The van der Waals surface area contributed by atoms with Crippen molar-refractivity contribution in [3.63, 3.8) is 0 Å². The smallest absolute Gasteiger partial charge is 0.355 e. The molecule has 11 heteroatoms. The summed E-state index contributed by atoms with van der Waals surface area (Å²) in [5.41, 5.74) is -0.853. The van der Waals surface area contributed by atoms with Crippen LogP contribution in [-0.2, 0) is 6.18 Å². The lowest BCUT2D eigenvalue weighted by molar-refractivity contribution is -0.141. The Labute approximate surface area is 196 Å². The van der Waals surface area contributed by atoms with Crippen molar-refractivity contribution in [2.45, 2.75) is 13.1 Å². The zero-order valence-electron chi connectivity index (χ0n) is 17.9. The van der Waals surface area contributed by atoms with E-state index in [1.54, 1.807) is 19.1 Å². The molecule has 0 radical (unpaired) electrons. The Balaban J connectivity index is 1.87. The molecular weight excluding hydrogens is 471 g/mol. The molecule has 0 spiro atoms. The largest absolute Gasteiger partial charge is 0.435 e. The van der Waals surface area contributed by atoms with E-state index in [-0.39, 0.29) is 22.1 Å². The number of nitrogens with one attached hydrogen (secondary N) is 2. The lowest BCUT2D eigenvalue weighted by atomic mass is 9.98. The fourth-order valence-corrected chi connectivity index (χ4v) is 3.76. The predicted molar refractivity (Wildman–Crippen MR) is 121 cm³/mol. The monoisotopic (exact) mass is 487 g/mol. The minimum absolute atomic E-state index is 0.00121. The van der Waals surface area contributed by atoms with Crippen molar-refractivity contribution in [2.24, 2.45) is 0 Å². The highest BCUT2D eigenvalue weighted by Gasteiger charge is 2.37. The number of anilines is 1. The standard InChI is InChI=1S/C23H17ClF3N5O2/c1-12-14-7-4-3-6-13(14)10-15(21(33)28-2)19(12)30-22(34)17-11-18(23(25,26)27)31-32(17)20-16(24)8-5-9-29-20/h3-11H,1-2H3,(H,28,33)(H,30,34). The van der Waals surface area contributed by atoms with Crippen LogP contribution in [-0.4, -0.2) is 33.6 Å². The Morgan fingerprint density at radius 1 is 1.06 bits per heavy atom. The van der Waals surface area contributed by atoms with E-state index in [1.165, 1.54) is 25.4 Å². The van der Waals surface area contributed by atoms with Crippen LogP contribution < -0.4 is 10.6 Å². The number of pyridine rings is 1. The molecule has 0 aliphatic heterocycles. The minimum atomic E-state index is -4.81. The van der Waals surface area contributed by atoms with Crippen LogP contribution in [0.5, 0.6) is 0 Å². The van der Waals surface area contributed by atoms with Crippen molar-refractivity contribution in [1.29, 1.82) is 0 Å². The molecule has 2 heterocycles. The van der Waals surface area contributed by atoms with E-state index < -0.39 is 29.4 Å². The van der Waals surface area contributed by atoms with E-state index >= 15 is 0 Å². The lowest BCUT2D eigenvalue weighted by Gasteiger charge is -2.16. The molecule has 0 saturated carbocycles. The molecule has 0 aliphatic carbocycles. The van der Waals surface area contributed by atoms with Crippen molar-refractivity contribution in [2.75, 3.05) is 12.4 Å². The molecule has 0 atom stereocenters. The Hall–Kier alpha value is -3.92. The number of nitrogens with zero attached hydrogens (tertiary/aromatic N) is 3. The first-order chi connectivity index (χ1) is 16.1. The average molecular weight is 488 g/mol. The van der Waals surface area contributed by atoms with Gasteiger partial charge in [-0.05, 0) is 41.5 Å². The Kier molecular flexibility index (Phi) is 6.01. The summed E-state index contributed by atoms with van der Waals surface area (Å²) in [5.74, 6) is -1.54. The second-order valence-electron chi connectivity index (χ2n) is 7.31. The van der Waals surface area contributed by atoms with Gasteiger partial charge in [0.25, 0.3) is 11.8 Å². The second-order valence-corrected chi connectivity index (χ2v) is 7.72. The fraction of sp³-hybridized carbons (Fsp3) is 0.130. The number of aromatic nitrogens is 3. The minimum Gasteiger partial charge on any atom is -0.355 e. The Morgan fingerprint density at radius 2 is 1.79 bits per heavy atom. The maximum absolute atomic E-state index is 13.4. The number of carbonyl (C=O) groups is 2. The van der Waals surface area contributed by atoms with Gasteiger partial charge >= 0.3 is 6.18 Å². The summed E-state index contributed by atoms with van der Waals surface area (Å²) >= 11 is 6.11. The Morgan fingerprint density at radius 3 is 2.47 bits per heavy atom. The highest BCUT2D eigenvalue weighted by atomic mass is 35.5. The van der Waals surface area contributed by atoms with Crippen LogP contribution in [0.1, 0.15) is 32.1 Å². The van der Waals surface area contributed by atoms with Gasteiger partial charge in [0.05, 0.1) is 16.3 Å². The highest BCUT2D eigenvalue weighted by Crippen LogP contribution is 2.33. The van der Waals surface area contributed by atoms with E-state index in [1.807, 2.05) is 18.2 Å². The van der Waals surface area contributed by atoms with E-state index in [0.717, 1.165) is 15.5 Å². The zero-order chi connectivity index (χ0) is 24.6. The zero-order valence-corrected chi connectivity index (χ0v) is 18.6. The third-order valence-electron chi connectivity index (χ3n) is 5.19. The third kappa shape index (κ3) is 4.19. The number of carbonyl (C=O) groups excluding carboxylic acids is 2. The van der Waals surface area contributed by atoms with E-state index in [4.69, 9.17) is 11.6 Å². The Bertz CT molecular complexity index is 1430. The first-order valence-electron chi connectivity index (χ1n) is 9.95. The second kappa shape index (κ2) is 8.79. The number of rotatable bonds is 4. The maximum atomic E-state index is 13.4. The van der Waals surface area contributed by atoms with Crippen molar-refractivity contribution >= 4 is 39.9 Å². The number of halogens is 4. The summed E-state index contributed by atoms with van der Waals surface area (Å²) in [6.45, 7) is 1.71. The third-order valence-corrected chi connectivity index (χ3v) is 5.49. The molecule has 0 aliphatic rings.